The molecule has 0 fully saturated rings. The van der Waals surface area contributed by atoms with E-state index in [4.69, 9.17) is 10.2 Å². The summed E-state index contributed by atoms with van der Waals surface area (Å²) in [4.78, 5) is 13.3. The summed E-state index contributed by atoms with van der Waals surface area (Å²) >= 11 is 0. The summed E-state index contributed by atoms with van der Waals surface area (Å²) in [6.45, 7) is 2.55. The Kier molecular flexibility index (Phi) is 9.35. The lowest BCUT2D eigenvalue weighted by Gasteiger charge is -2.11. The summed E-state index contributed by atoms with van der Waals surface area (Å²) in [5, 5.41) is 19.8. The maximum Gasteiger partial charge on any atom is 0.320 e. The largest absolute Gasteiger partial charge is 0.480 e. The second kappa shape index (κ2) is 10.2. The number of carboxylic acids is 1. The summed E-state index contributed by atoms with van der Waals surface area (Å²) in [5.74, 6) is -0.896. The zero-order chi connectivity index (χ0) is 12.2. The van der Waals surface area contributed by atoms with Crippen LogP contribution in [0.4, 0.5) is 0 Å². The molecular formula is C11H20N2O3. The number of aliphatic hydroxyl groups excluding tert-OH is 1. The van der Waals surface area contributed by atoms with Crippen LogP contribution in [0.5, 0.6) is 0 Å². The van der Waals surface area contributed by atoms with Crippen molar-refractivity contribution < 1.29 is 15.0 Å². The van der Waals surface area contributed by atoms with Gasteiger partial charge in [0.25, 0.3) is 0 Å². The monoisotopic (exact) mass is 228 g/mol. The minimum atomic E-state index is -0.896. The van der Waals surface area contributed by atoms with Crippen LogP contribution >= 0.6 is 0 Å². The first-order valence-corrected chi connectivity index (χ1v) is 5.37. The Balaban J connectivity index is 0.000000368. The maximum atomic E-state index is 10.4. The molecule has 0 bridgehead atoms. The molecule has 1 aromatic rings. The van der Waals surface area contributed by atoms with Gasteiger partial charge in [0.2, 0.25) is 0 Å². The Morgan fingerprint density at radius 1 is 1.44 bits per heavy atom. The van der Waals surface area contributed by atoms with Crippen molar-refractivity contribution in [1.82, 2.24) is 10.3 Å². The average molecular weight is 228 g/mol. The Morgan fingerprint density at radius 2 is 2.06 bits per heavy atom. The van der Waals surface area contributed by atoms with E-state index in [0.717, 1.165) is 6.42 Å². The van der Waals surface area contributed by atoms with Gasteiger partial charge in [0, 0.05) is 19.0 Å². The molecule has 92 valence electrons. The second-order valence-corrected chi connectivity index (χ2v) is 3.24. The Hall–Kier alpha value is -1.33. The van der Waals surface area contributed by atoms with Crippen molar-refractivity contribution in [3.63, 3.8) is 0 Å². The van der Waals surface area contributed by atoms with Crippen LogP contribution in [-0.2, 0) is 4.79 Å². The molecule has 1 atom stereocenters. The van der Waals surface area contributed by atoms with Gasteiger partial charge in [-0.25, -0.2) is 0 Å². The maximum absolute atomic E-state index is 10.4. The van der Waals surface area contributed by atoms with E-state index in [-0.39, 0.29) is 13.0 Å². The van der Waals surface area contributed by atoms with Gasteiger partial charge in [0.1, 0.15) is 6.04 Å². The molecule has 0 saturated carbocycles. The van der Waals surface area contributed by atoms with Gasteiger partial charge < -0.3 is 20.5 Å². The average Bonchev–Trinajstić information content (AvgIpc) is 2.82. The third-order valence-electron chi connectivity index (χ3n) is 1.85. The predicted octanol–water partition coefficient (Wildman–Crippen LogP) is 0.836. The molecule has 1 rings (SSSR count). The third-order valence-corrected chi connectivity index (χ3v) is 1.85. The molecule has 0 aromatic carbocycles. The molecular weight excluding hydrogens is 208 g/mol. The quantitative estimate of drug-likeness (QED) is 0.581. The van der Waals surface area contributed by atoms with E-state index in [0.29, 0.717) is 6.54 Å². The number of carboxylic acid groups (broad SMARTS) is 1. The van der Waals surface area contributed by atoms with Crippen LogP contribution in [0, 0.1) is 0 Å². The van der Waals surface area contributed by atoms with Gasteiger partial charge in [-0.1, -0.05) is 6.92 Å². The zero-order valence-corrected chi connectivity index (χ0v) is 9.52. The molecule has 1 heterocycles. The Bertz CT molecular complexity index is 233. The smallest absolute Gasteiger partial charge is 0.320 e. The van der Waals surface area contributed by atoms with Crippen molar-refractivity contribution in [2.24, 2.45) is 0 Å². The van der Waals surface area contributed by atoms with Crippen molar-refractivity contribution in [1.29, 1.82) is 0 Å². The van der Waals surface area contributed by atoms with E-state index in [9.17, 15) is 4.79 Å². The number of nitrogens with one attached hydrogen (secondary N) is 2. The minimum Gasteiger partial charge on any atom is -0.480 e. The first-order chi connectivity index (χ1) is 7.72. The van der Waals surface area contributed by atoms with Crippen LogP contribution in [-0.4, -0.2) is 40.4 Å². The summed E-state index contributed by atoms with van der Waals surface area (Å²) in [7, 11) is 0. The van der Waals surface area contributed by atoms with Crippen LogP contribution in [0.1, 0.15) is 19.8 Å². The summed E-state index contributed by atoms with van der Waals surface area (Å²) in [6, 6.07) is 3.29. The van der Waals surface area contributed by atoms with E-state index in [2.05, 4.69) is 10.3 Å². The van der Waals surface area contributed by atoms with Crippen molar-refractivity contribution >= 4 is 5.97 Å². The molecule has 1 aromatic heterocycles. The number of carbonyl (C=O) groups is 1. The third kappa shape index (κ3) is 8.02. The Labute approximate surface area is 95.5 Å². The van der Waals surface area contributed by atoms with E-state index in [1.165, 1.54) is 0 Å². The van der Waals surface area contributed by atoms with E-state index in [1.807, 2.05) is 31.5 Å². The summed E-state index contributed by atoms with van der Waals surface area (Å²) < 4.78 is 0. The zero-order valence-electron chi connectivity index (χ0n) is 9.52. The number of H-pyrrole nitrogens is 1. The lowest BCUT2D eigenvalue weighted by atomic mass is 10.2. The first kappa shape index (κ1) is 14.7. The number of aromatic amines is 1. The number of hydrogen-bond donors (Lipinski definition) is 4. The second-order valence-electron chi connectivity index (χ2n) is 3.24. The van der Waals surface area contributed by atoms with Gasteiger partial charge in [-0.3, -0.25) is 4.79 Å². The fraction of sp³-hybridized carbons (Fsp3) is 0.545. The highest BCUT2D eigenvalue weighted by Gasteiger charge is 2.14. The molecule has 4 N–H and O–H groups in total. The number of aliphatic hydroxyl groups is 1. The van der Waals surface area contributed by atoms with Gasteiger partial charge in [-0.2, -0.15) is 0 Å². The molecule has 0 amide bonds. The molecule has 0 aliphatic carbocycles. The van der Waals surface area contributed by atoms with Crippen LogP contribution in [0.3, 0.4) is 0 Å². The highest BCUT2D eigenvalue weighted by molar-refractivity contribution is 5.73. The highest BCUT2D eigenvalue weighted by Crippen LogP contribution is 1.90. The molecule has 0 aliphatic rings. The fourth-order valence-electron chi connectivity index (χ4n) is 1.04. The molecule has 16 heavy (non-hydrogen) atoms. The normalized spacial score (nSPS) is 11.4. The minimum absolute atomic E-state index is 0.0896. The standard InChI is InChI=1S/C7H15NO3.C4H5N/c1-2-4-8-6(3-5-9)7(10)11;1-2-4-5-3-1/h6,8-9H,2-5H2,1H3,(H,10,11);1-5H/t6-;/m0./s1. The van der Waals surface area contributed by atoms with Crippen molar-refractivity contribution in [3.05, 3.63) is 24.5 Å². The van der Waals surface area contributed by atoms with E-state index in [1.54, 1.807) is 0 Å². The first-order valence-electron chi connectivity index (χ1n) is 5.37. The Morgan fingerprint density at radius 3 is 2.38 bits per heavy atom. The molecule has 0 aliphatic heterocycles. The molecule has 5 heteroatoms. The van der Waals surface area contributed by atoms with Crippen LogP contribution in [0.25, 0.3) is 0 Å². The van der Waals surface area contributed by atoms with Crippen LogP contribution < -0.4 is 5.32 Å². The van der Waals surface area contributed by atoms with Crippen LogP contribution in [0.15, 0.2) is 24.5 Å². The van der Waals surface area contributed by atoms with E-state index < -0.39 is 12.0 Å². The van der Waals surface area contributed by atoms with Crippen molar-refractivity contribution in [3.8, 4) is 0 Å². The lowest BCUT2D eigenvalue weighted by molar-refractivity contribution is -0.139. The summed E-state index contributed by atoms with van der Waals surface area (Å²) in [6.07, 6.45) is 4.92. The topological polar surface area (TPSA) is 85.3 Å². The number of rotatable bonds is 6. The highest BCUT2D eigenvalue weighted by atomic mass is 16.4. The lowest BCUT2D eigenvalue weighted by Crippen LogP contribution is -2.37. The van der Waals surface area contributed by atoms with Crippen LogP contribution in [0.2, 0.25) is 0 Å². The molecule has 0 spiro atoms. The number of aliphatic carboxylic acids is 1. The molecule has 0 unspecified atom stereocenters. The van der Waals surface area contributed by atoms with E-state index >= 15 is 0 Å². The predicted molar refractivity (Wildman–Crippen MR) is 62.2 cm³/mol. The van der Waals surface area contributed by atoms with Crippen molar-refractivity contribution in [2.45, 2.75) is 25.8 Å². The van der Waals surface area contributed by atoms with Gasteiger partial charge >= 0.3 is 5.97 Å². The number of aromatic nitrogens is 1. The van der Waals surface area contributed by atoms with Gasteiger partial charge in [-0.15, -0.1) is 0 Å². The van der Waals surface area contributed by atoms with Gasteiger partial charge in [-0.05, 0) is 31.5 Å². The van der Waals surface area contributed by atoms with Crippen molar-refractivity contribution in [2.75, 3.05) is 13.2 Å². The SMILES string of the molecule is CCCN[C@@H](CCO)C(=O)O.c1cc[nH]c1. The number of hydrogen-bond acceptors (Lipinski definition) is 3. The molecule has 0 radical (unpaired) electrons. The van der Waals surface area contributed by atoms with Gasteiger partial charge in [0.05, 0.1) is 0 Å². The summed E-state index contributed by atoms with van der Waals surface area (Å²) in [5.41, 5.74) is 0. The fourth-order valence-corrected chi connectivity index (χ4v) is 1.04. The van der Waals surface area contributed by atoms with Gasteiger partial charge in [0.15, 0.2) is 0 Å². The molecule has 0 saturated heterocycles. The molecule has 5 nitrogen and oxygen atoms in total.